The number of hydrogen-bond donors (Lipinski definition) is 0. The maximum Gasteiger partial charge on any atom is 0.289 e. The van der Waals surface area contributed by atoms with Gasteiger partial charge in [0, 0.05) is 38.1 Å². The number of aromatic nitrogens is 2. The Morgan fingerprint density at radius 3 is 2.38 bits per heavy atom. The molecule has 0 bridgehead atoms. The Labute approximate surface area is 198 Å². The largest absolute Gasteiger partial charge is 0.451 e. The molecule has 3 aromatic carbocycles. The van der Waals surface area contributed by atoms with Crippen molar-refractivity contribution < 1.29 is 9.21 Å². The van der Waals surface area contributed by atoms with Gasteiger partial charge in [0.05, 0.1) is 17.6 Å². The third kappa shape index (κ3) is 3.97. The second kappa shape index (κ2) is 8.80. The summed E-state index contributed by atoms with van der Waals surface area (Å²) >= 11 is 0. The van der Waals surface area contributed by atoms with E-state index in [0.717, 1.165) is 54.0 Å². The van der Waals surface area contributed by atoms with E-state index in [9.17, 15) is 4.79 Å². The quantitative estimate of drug-likeness (QED) is 0.386. The molecule has 1 saturated heterocycles. The number of nitrogens with zero attached hydrogens (tertiary/aromatic N) is 4. The monoisotopic (exact) mass is 450 g/mol. The van der Waals surface area contributed by atoms with Crippen LogP contribution >= 0.6 is 0 Å². The molecule has 3 heterocycles. The summed E-state index contributed by atoms with van der Waals surface area (Å²) < 4.78 is 8.11. The Morgan fingerprint density at radius 2 is 1.56 bits per heavy atom. The lowest BCUT2D eigenvalue weighted by Gasteiger charge is -2.34. The number of furan rings is 1. The third-order valence-corrected chi connectivity index (χ3v) is 6.58. The first-order valence-electron chi connectivity index (χ1n) is 11.7. The zero-order valence-electron chi connectivity index (χ0n) is 18.9. The topological polar surface area (TPSA) is 54.5 Å². The Bertz CT molecular complexity index is 1410. The summed E-state index contributed by atoms with van der Waals surface area (Å²) in [6.45, 7) is 4.51. The van der Waals surface area contributed by atoms with Crippen LogP contribution in [0.2, 0.25) is 0 Å². The van der Waals surface area contributed by atoms with Gasteiger partial charge in [-0.15, -0.1) is 0 Å². The van der Waals surface area contributed by atoms with E-state index in [0.29, 0.717) is 18.8 Å². The lowest BCUT2D eigenvalue weighted by Crippen LogP contribution is -2.48. The van der Waals surface area contributed by atoms with Gasteiger partial charge in [-0.25, -0.2) is 4.98 Å². The van der Waals surface area contributed by atoms with Crippen LogP contribution in [-0.2, 0) is 13.1 Å². The van der Waals surface area contributed by atoms with E-state index in [4.69, 9.17) is 9.40 Å². The summed E-state index contributed by atoms with van der Waals surface area (Å²) in [4.78, 5) is 22.2. The van der Waals surface area contributed by atoms with Crippen molar-refractivity contribution in [2.75, 3.05) is 26.2 Å². The number of amides is 1. The lowest BCUT2D eigenvalue weighted by atomic mass is 10.2. The standard InChI is InChI=1S/C28H26N4O2/c33-28(26-18-22-10-4-7-13-25(22)34-26)31-16-14-30(15-17-31)20-27-29-23-11-5-6-12-24(23)32(27)19-21-8-2-1-3-9-21/h1-13,18H,14-17,19-20H2. The minimum absolute atomic E-state index is 0.0350. The fourth-order valence-corrected chi connectivity index (χ4v) is 4.74. The molecule has 5 aromatic rings. The number of carbonyl (C=O) groups is 1. The highest BCUT2D eigenvalue weighted by atomic mass is 16.3. The van der Waals surface area contributed by atoms with Crippen molar-refractivity contribution in [1.29, 1.82) is 0 Å². The van der Waals surface area contributed by atoms with Crippen molar-refractivity contribution in [2.24, 2.45) is 0 Å². The van der Waals surface area contributed by atoms with Crippen LogP contribution < -0.4 is 0 Å². The van der Waals surface area contributed by atoms with Crippen molar-refractivity contribution in [3.05, 3.63) is 102 Å². The molecule has 0 N–H and O–H groups in total. The molecule has 6 rings (SSSR count). The Hall–Kier alpha value is -3.90. The van der Waals surface area contributed by atoms with Gasteiger partial charge in [0.25, 0.3) is 5.91 Å². The summed E-state index contributed by atoms with van der Waals surface area (Å²) in [5.74, 6) is 1.44. The highest BCUT2D eigenvalue weighted by Crippen LogP contribution is 2.22. The van der Waals surface area contributed by atoms with E-state index in [1.54, 1.807) is 0 Å². The average Bonchev–Trinajstić information content (AvgIpc) is 3.46. The lowest BCUT2D eigenvalue weighted by molar-refractivity contribution is 0.0596. The van der Waals surface area contributed by atoms with Gasteiger partial charge in [-0.05, 0) is 29.8 Å². The Kier molecular flexibility index (Phi) is 5.35. The van der Waals surface area contributed by atoms with E-state index < -0.39 is 0 Å². The number of fused-ring (bicyclic) bond motifs is 2. The van der Waals surface area contributed by atoms with Gasteiger partial charge in [-0.3, -0.25) is 9.69 Å². The highest BCUT2D eigenvalue weighted by molar-refractivity contribution is 5.96. The first kappa shape index (κ1) is 20.7. The highest BCUT2D eigenvalue weighted by Gasteiger charge is 2.25. The molecule has 6 heteroatoms. The summed E-state index contributed by atoms with van der Waals surface area (Å²) in [5, 5.41) is 0.960. The van der Waals surface area contributed by atoms with Crippen molar-refractivity contribution >= 4 is 27.9 Å². The van der Waals surface area contributed by atoms with Crippen LogP contribution in [-0.4, -0.2) is 51.4 Å². The number of imidazole rings is 1. The van der Waals surface area contributed by atoms with E-state index in [2.05, 4.69) is 51.9 Å². The normalized spacial score (nSPS) is 14.8. The summed E-state index contributed by atoms with van der Waals surface area (Å²) in [5.41, 5.74) is 4.18. The van der Waals surface area contributed by atoms with Crippen LogP contribution in [0.4, 0.5) is 0 Å². The molecule has 0 radical (unpaired) electrons. The number of rotatable bonds is 5. The van der Waals surface area contributed by atoms with Crippen molar-refractivity contribution in [2.45, 2.75) is 13.1 Å². The minimum Gasteiger partial charge on any atom is -0.451 e. The van der Waals surface area contributed by atoms with E-state index >= 15 is 0 Å². The fraction of sp³-hybridized carbons (Fsp3) is 0.214. The van der Waals surface area contributed by atoms with Gasteiger partial charge >= 0.3 is 0 Å². The van der Waals surface area contributed by atoms with Gasteiger partial charge in [0.15, 0.2) is 5.76 Å². The molecule has 0 saturated carbocycles. The second-order valence-electron chi connectivity index (χ2n) is 8.81. The Morgan fingerprint density at radius 1 is 0.824 bits per heavy atom. The maximum atomic E-state index is 13.0. The molecule has 170 valence electrons. The van der Waals surface area contributed by atoms with Crippen LogP contribution in [0.1, 0.15) is 21.9 Å². The molecule has 1 aliphatic heterocycles. The molecule has 1 aliphatic rings. The average molecular weight is 451 g/mol. The predicted octanol–water partition coefficient (Wildman–Crippen LogP) is 4.79. The second-order valence-corrected chi connectivity index (χ2v) is 8.81. The first-order valence-corrected chi connectivity index (χ1v) is 11.7. The van der Waals surface area contributed by atoms with Gasteiger partial charge < -0.3 is 13.9 Å². The van der Waals surface area contributed by atoms with Crippen LogP contribution in [0.3, 0.4) is 0 Å². The van der Waals surface area contributed by atoms with Crippen molar-refractivity contribution in [1.82, 2.24) is 19.4 Å². The summed E-state index contributed by atoms with van der Waals surface area (Å²) in [6, 6.07) is 28.4. The maximum absolute atomic E-state index is 13.0. The summed E-state index contributed by atoms with van der Waals surface area (Å²) in [7, 11) is 0. The number of hydrogen-bond acceptors (Lipinski definition) is 4. The first-order chi connectivity index (χ1) is 16.7. The molecule has 2 aromatic heterocycles. The van der Waals surface area contributed by atoms with Gasteiger partial charge in [0.1, 0.15) is 11.4 Å². The van der Waals surface area contributed by atoms with Crippen molar-refractivity contribution in [3.63, 3.8) is 0 Å². The molecule has 34 heavy (non-hydrogen) atoms. The third-order valence-electron chi connectivity index (χ3n) is 6.58. The van der Waals surface area contributed by atoms with Crippen LogP contribution in [0.5, 0.6) is 0 Å². The van der Waals surface area contributed by atoms with Gasteiger partial charge in [0.2, 0.25) is 0 Å². The van der Waals surface area contributed by atoms with Gasteiger partial charge in [-0.1, -0.05) is 60.7 Å². The molecular formula is C28H26N4O2. The number of benzene rings is 3. The minimum atomic E-state index is -0.0350. The number of carbonyl (C=O) groups excluding carboxylic acids is 1. The summed E-state index contributed by atoms with van der Waals surface area (Å²) in [6.07, 6.45) is 0. The van der Waals surface area contributed by atoms with E-state index in [1.165, 1.54) is 5.56 Å². The zero-order chi connectivity index (χ0) is 22.9. The van der Waals surface area contributed by atoms with E-state index in [1.807, 2.05) is 47.4 Å². The zero-order valence-corrected chi connectivity index (χ0v) is 18.9. The smallest absolute Gasteiger partial charge is 0.289 e. The SMILES string of the molecule is O=C(c1cc2ccccc2o1)N1CCN(Cc2nc3ccccc3n2Cc2ccccc2)CC1. The Balaban J connectivity index is 1.17. The molecule has 0 aliphatic carbocycles. The predicted molar refractivity (Wildman–Crippen MR) is 133 cm³/mol. The van der Waals surface area contributed by atoms with Crippen LogP contribution in [0, 0.1) is 0 Å². The van der Waals surface area contributed by atoms with E-state index in [-0.39, 0.29) is 5.91 Å². The molecule has 0 spiro atoms. The number of para-hydroxylation sites is 3. The van der Waals surface area contributed by atoms with Crippen LogP contribution in [0.25, 0.3) is 22.0 Å². The fourth-order valence-electron chi connectivity index (χ4n) is 4.74. The molecule has 1 fully saturated rings. The molecule has 6 nitrogen and oxygen atoms in total. The molecular weight excluding hydrogens is 424 g/mol. The van der Waals surface area contributed by atoms with Crippen molar-refractivity contribution in [3.8, 4) is 0 Å². The molecule has 0 atom stereocenters. The number of piperazine rings is 1. The van der Waals surface area contributed by atoms with Crippen LogP contribution in [0.15, 0.2) is 89.3 Å². The van der Waals surface area contributed by atoms with Gasteiger partial charge in [-0.2, -0.15) is 0 Å². The molecule has 0 unspecified atom stereocenters. The molecule has 1 amide bonds.